The highest BCUT2D eigenvalue weighted by Gasteiger charge is 1.96. The topological polar surface area (TPSA) is 53.1 Å². The first-order valence-corrected chi connectivity index (χ1v) is 4.81. The Bertz CT molecular complexity index is 394. The van der Waals surface area contributed by atoms with E-state index in [4.69, 9.17) is 10.5 Å². The van der Waals surface area contributed by atoms with E-state index in [1.54, 1.807) is 12.5 Å². The molecule has 15 heavy (non-hydrogen) atoms. The Balaban J connectivity index is 2.11. The van der Waals surface area contributed by atoms with E-state index in [0.717, 1.165) is 11.4 Å². The van der Waals surface area contributed by atoms with Crippen LogP contribution in [0.25, 0.3) is 5.69 Å². The number of hydrogen-bond acceptors (Lipinski definition) is 3. The number of benzene rings is 1. The highest BCUT2D eigenvalue weighted by Crippen LogP contribution is 2.14. The van der Waals surface area contributed by atoms with E-state index < -0.39 is 0 Å². The predicted molar refractivity (Wildman–Crippen MR) is 58.1 cm³/mol. The predicted octanol–water partition coefficient (Wildman–Crippen LogP) is 1.21. The normalized spacial score (nSPS) is 10.2. The van der Waals surface area contributed by atoms with Crippen LogP contribution in [0.5, 0.6) is 5.75 Å². The third kappa shape index (κ3) is 2.35. The van der Waals surface area contributed by atoms with Gasteiger partial charge in [0.2, 0.25) is 0 Å². The molecule has 0 spiro atoms. The quantitative estimate of drug-likeness (QED) is 0.812. The first-order valence-electron chi connectivity index (χ1n) is 4.81. The number of imidazole rings is 1. The van der Waals surface area contributed by atoms with Crippen molar-refractivity contribution in [1.29, 1.82) is 0 Å². The summed E-state index contributed by atoms with van der Waals surface area (Å²) in [5, 5.41) is 0. The first kappa shape index (κ1) is 9.73. The average molecular weight is 203 g/mol. The van der Waals surface area contributed by atoms with E-state index in [9.17, 15) is 0 Å². The Hall–Kier alpha value is -1.81. The monoisotopic (exact) mass is 203 g/mol. The van der Waals surface area contributed by atoms with Crippen molar-refractivity contribution >= 4 is 0 Å². The second-order valence-electron chi connectivity index (χ2n) is 3.10. The lowest BCUT2D eigenvalue weighted by atomic mass is 10.3. The SMILES string of the molecule is NCCOc1ccc(-n2ccnc2)cc1. The van der Waals surface area contributed by atoms with Crippen molar-refractivity contribution in [3.05, 3.63) is 43.0 Å². The van der Waals surface area contributed by atoms with Gasteiger partial charge in [0.1, 0.15) is 12.4 Å². The lowest BCUT2D eigenvalue weighted by Crippen LogP contribution is -2.10. The molecule has 2 N–H and O–H groups in total. The van der Waals surface area contributed by atoms with Gasteiger partial charge in [0.25, 0.3) is 0 Å². The molecule has 78 valence electrons. The average Bonchev–Trinajstić information content (AvgIpc) is 2.80. The molecule has 0 amide bonds. The zero-order valence-corrected chi connectivity index (χ0v) is 8.34. The van der Waals surface area contributed by atoms with Gasteiger partial charge in [0, 0.05) is 24.6 Å². The Kier molecular flexibility index (Phi) is 2.99. The van der Waals surface area contributed by atoms with Crippen LogP contribution in [0.15, 0.2) is 43.0 Å². The summed E-state index contributed by atoms with van der Waals surface area (Å²) in [6, 6.07) is 7.80. The van der Waals surface area contributed by atoms with Gasteiger partial charge in [-0.05, 0) is 24.3 Å². The molecule has 0 saturated heterocycles. The Morgan fingerprint density at radius 1 is 1.27 bits per heavy atom. The standard InChI is InChI=1S/C11H13N3O/c12-5-8-15-11-3-1-10(2-4-11)14-7-6-13-9-14/h1-4,6-7,9H,5,8,12H2. The Morgan fingerprint density at radius 3 is 2.67 bits per heavy atom. The molecule has 4 nitrogen and oxygen atoms in total. The highest BCUT2D eigenvalue weighted by molar-refractivity contribution is 5.37. The third-order valence-electron chi connectivity index (χ3n) is 2.03. The number of nitrogens with two attached hydrogens (primary N) is 1. The molecule has 0 aliphatic rings. The third-order valence-corrected chi connectivity index (χ3v) is 2.03. The first-order chi connectivity index (χ1) is 7.40. The van der Waals surface area contributed by atoms with Crippen LogP contribution in [-0.2, 0) is 0 Å². The summed E-state index contributed by atoms with van der Waals surface area (Å²) in [4.78, 5) is 3.99. The van der Waals surface area contributed by atoms with Crippen LogP contribution in [0.1, 0.15) is 0 Å². The zero-order chi connectivity index (χ0) is 10.5. The van der Waals surface area contributed by atoms with Crippen LogP contribution >= 0.6 is 0 Å². The molecular weight excluding hydrogens is 190 g/mol. The van der Waals surface area contributed by atoms with Crippen molar-refractivity contribution in [2.75, 3.05) is 13.2 Å². The lowest BCUT2D eigenvalue weighted by Gasteiger charge is -2.06. The summed E-state index contributed by atoms with van der Waals surface area (Å²) in [5.41, 5.74) is 6.41. The second kappa shape index (κ2) is 4.61. The molecule has 0 aliphatic carbocycles. The summed E-state index contributed by atoms with van der Waals surface area (Å²) >= 11 is 0. The highest BCUT2D eigenvalue weighted by atomic mass is 16.5. The summed E-state index contributed by atoms with van der Waals surface area (Å²) in [5.74, 6) is 0.837. The van der Waals surface area contributed by atoms with Crippen LogP contribution in [0.3, 0.4) is 0 Å². The van der Waals surface area contributed by atoms with Gasteiger partial charge in [0.05, 0.1) is 6.33 Å². The molecule has 0 aliphatic heterocycles. The molecule has 0 saturated carbocycles. The molecule has 0 atom stereocenters. The van der Waals surface area contributed by atoms with Gasteiger partial charge in [0.15, 0.2) is 0 Å². The fraction of sp³-hybridized carbons (Fsp3) is 0.182. The number of rotatable bonds is 4. The van der Waals surface area contributed by atoms with E-state index in [1.807, 2.05) is 35.0 Å². The fourth-order valence-electron chi connectivity index (χ4n) is 1.30. The molecule has 1 heterocycles. The Labute approximate surface area is 88.3 Å². The van der Waals surface area contributed by atoms with E-state index >= 15 is 0 Å². The van der Waals surface area contributed by atoms with E-state index in [0.29, 0.717) is 13.2 Å². The molecule has 0 unspecified atom stereocenters. The molecule has 0 radical (unpaired) electrons. The summed E-state index contributed by atoms with van der Waals surface area (Å²) in [6.45, 7) is 1.08. The number of nitrogens with zero attached hydrogens (tertiary/aromatic N) is 2. The molecule has 4 heteroatoms. The van der Waals surface area contributed by atoms with Crippen LogP contribution in [0.4, 0.5) is 0 Å². The maximum Gasteiger partial charge on any atom is 0.119 e. The van der Waals surface area contributed by atoms with Crippen LogP contribution < -0.4 is 10.5 Å². The van der Waals surface area contributed by atoms with Gasteiger partial charge in [-0.1, -0.05) is 0 Å². The molecular formula is C11H13N3O. The van der Waals surface area contributed by atoms with Gasteiger partial charge in [-0.3, -0.25) is 0 Å². The minimum atomic E-state index is 0.531. The van der Waals surface area contributed by atoms with Gasteiger partial charge in [-0.15, -0.1) is 0 Å². The van der Waals surface area contributed by atoms with Crippen molar-refractivity contribution < 1.29 is 4.74 Å². The molecule has 0 fully saturated rings. The zero-order valence-electron chi connectivity index (χ0n) is 8.34. The number of hydrogen-bond donors (Lipinski definition) is 1. The van der Waals surface area contributed by atoms with Crippen LogP contribution in [-0.4, -0.2) is 22.7 Å². The van der Waals surface area contributed by atoms with E-state index in [1.165, 1.54) is 0 Å². The maximum atomic E-state index is 5.38. The van der Waals surface area contributed by atoms with Crippen LogP contribution in [0.2, 0.25) is 0 Å². The van der Waals surface area contributed by atoms with Crippen LogP contribution in [0, 0.1) is 0 Å². The minimum absolute atomic E-state index is 0.531. The fourth-order valence-corrected chi connectivity index (χ4v) is 1.30. The summed E-state index contributed by atoms with van der Waals surface area (Å²) in [7, 11) is 0. The summed E-state index contributed by atoms with van der Waals surface area (Å²) < 4.78 is 7.31. The second-order valence-corrected chi connectivity index (χ2v) is 3.10. The molecule has 1 aromatic heterocycles. The van der Waals surface area contributed by atoms with E-state index in [2.05, 4.69) is 4.98 Å². The molecule has 2 rings (SSSR count). The van der Waals surface area contributed by atoms with Gasteiger partial charge in [-0.2, -0.15) is 0 Å². The molecule has 2 aromatic rings. The largest absolute Gasteiger partial charge is 0.492 e. The minimum Gasteiger partial charge on any atom is -0.492 e. The molecule has 0 bridgehead atoms. The number of aromatic nitrogens is 2. The van der Waals surface area contributed by atoms with Crippen molar-refractivity contribution in [1.82, 2.24) is 9.55 Å². The maximum absolute atomic E-state index is 5.38. The van der Waals surface area contributed by atoms with Crippen molar-refractivity contribution in [3.8, 4) is 11.4 Å². The van der Waals surface area contributed by atoms with Gasteiger partial charge >= 0.3 is 0 Å². The van der Waals surface area contributed by atoms with Crippen molar-refractivity contribution in [2.24, 2.45) is 5.73 Å². The smallest absolute Gasteiger partial charge is 0.119 e. The van der Waals surface area contributed by atoms with Gasteiger partial charge < -0.3 is 15.0 Å². The van der Waals surface area contributed by atoms with E-state index in [-0.39, 0.29) is 0 Å². The van der Waals surface area contributed by atoms with Crippen molar-refractivity contribution in [3.63, 3.8) is 0 Å². The van der Waals surface area contributed by atoms with Crippen molar-refractivity contribution in [2.45, 2.75) is 0 Å². The number of ether oxygens (including phenoxy) is 1. The van der Waals surface area contributed by atoms with Gasteiger partial charge in [-0.25, -0.2) is 4.98 Å². The summed E-state index contributed by atoms with van der Waals surface area (Å²) in [6.07, 6.45) is 5.41. The molecule has 1 aromatic carbocycles. The lowest BCUT2D eigenvalue weighted by molar-refractivity contribution is 0.328. The Morgan fingerprint density at radius 2 is 2.07 bits per heavy atom.